The van der Waals surface area contributed by atoms with E-state index in [1.165, 1.54) is 17.1 Å². The fraction of sp³-hybridized carbons (Fsp3) is 0.312. The van der Waals surface area contributed by atoms with Crippen molar-refractivity contribution in [2.75, 3.05) is 26.8 Å². The van der Waals surface area contributed by atoms with Crippen LogP contribution in [0.4, 0.5) is 0 Å². The van der Waals surface area contributed by atoms with Crippen LogP contribution >= 0.6 is 0 Å². The Balaban J connectivity index is 1.15. The number of cyclic esters (lactones) is 1. The summed E-state index contributed by atoms with van der Waals surface area (Å²) in [6.45, 7) is 3.45. The van der Waals surface area contributed by atoms with Gasteiger partial charge in [-0.3, -0.25) is 9.59 Å². The molecule has 4 aromatic rings. The summed E-state index contributed by atoms with van der Waals surface area (Å²) in [5.74, 6) is -4.32. The molecule has 0 saturated carbocycles. The van der Waals surface area contributed by atoms with Crippen molar-refractivity contribution in [3.63, 3.8) is 0 Å². The van der Waals surface area contributed by atoms with Gasteiger partial charge in [0.1, 0.15) is 31.0 Å². The van der Waals surface area contributed by atoms with Gasteiger partial charge >= 0.3 is 17.9 Å². The average molecular weight is 829 g/mol. The standard InChI is InChI=1S/C48H48N2O11/c1-47(2)30-57-46(56)42(47)59-40(52)24-21-31-19-22-33(23-20-31)45(55)58-38-28-34(44(54)50(3)37(43(53)49-25-26-51)27-32-13-7-4-8-14-32)29-39-41(38)61-48(60-39,35-15-9-5-10-16-35)36-17-11-6-12-18-36/h4-24,29,37-39,41-42,51H,25-28,30H2,1-3H3,(H,49,53)/t37-,38-,39-,41+,42+/m1/s1. The van der Waals surface area contributed by atoms with Gasteiger partial charge in [0.05, 0.1) is 12.2 Å². The maximum atomic E-state index is 14.5. The number of fused-ring (bicyclic) bond motifs is 1. The van der Waals surface area contributed by atoms with Crippen LogP contribution < -0.4 is 5.32 Å². The Labute approximate surface area is 353 Å². The fourth-order valence-corrected chi connectivity index (χ4v) is 7.68. The van der Waals surface area contributed by atoms with Gasteiger partial charge < -0.3 is 39.0 Å². The number of aliphatic hydroxyl groups is 1. The number of hydrogen-bond acceptors (Lipinski definition) is 11. The van der Waals surface area contributed by atoms with E-state index in [2.05, 4.69) is 5.32 Å². The second-order valence-corrected chi connectivity index (χ2v) is 15.9. The van der Waals surface area contributed by atoms with Crippen LogP contribution in [0, 0.1) is 5.41 Å². The van der Waals surface area contributed by atoms with Gasteiger partial charge in [0.25, 0.3) is 0 Å². The highest BCUT2D eigenvalue weighted by Crippen LogP contribution is 2.47. The van der Waals surface area contributed by atoms with Crippen molar-refractivity contribution in [2.24, 2.45) is 5.41 Å². The zero-order valence-corrected chi connectivity index (χ0v) is 34.1. The van der Waals surface area contributed by atoms with Gasteiger partial charge in [0.15, 0.2) is 0 Å². The van der Waals surface area contributed by atoms with Crippen molar-refractivity contribution in [1.82, 2.24) is 10.2 Å². The van der Waals surface area contributed by atoms with Gasteiger partial charge in [0.2, 0.25) is 23.7 Å². The number of ether oxygens (including phenoxy) is 5. The summed E-state index contributed by atoms with van der Waals surface area (Å²) >= 11 is 0. The number of aliphatic hydroxyl groups excluding tert-OH is 1. The first kappa shape index (κ1) is 42.7. The van der Waals surface area contributed by atoms with Crippen molar-refractivity contribution < 1.29 is 52.8 Å². The summed E-state index contributed by atoms with van der Waals surface area (Å²) in [6.07, 6.45) is 0.805. The first-order valence-corrected chi connectivity index (χ1v) is 20.1. The number of benzene rings is 4. The van der Waals surface area contributed by atoms with E-state index in [1.54, 1.807) is 51.2 Å². The lowest BCUT2D eigenvalue weighted by atomic mass is 9.90. The monoisotopic (exact) mass is 828 g/mol. The van der Waals surface area contributed by atoms with Crippen LogP contribution in [0.1, 0.15) is 52.9 Å². The van der Waals surface area contributed by atoms with Gasteiger partial charge in [-0.2, -0.15) is 0 Å². The lowest BCUT2D eigenvalue weighted by Gasteiger charge is -2.33. The van der Waals surface area contributed by atoms with E-state index >= 15 is 0 Å². The summed E-state index contributed by atoms with van der Waals surface area (Å²) in [5, 5.41) is 12.1. The third-order valence-electron chi connectivity index (χ3n) is 11.0. The maximum absolute atomic E-state index is 14.5. The summed E-state index contributed by atoms with van der Waals surface area (Å²) in [4.78, 5) is 67.9. The Bertz CT molecular complexity index is 2240. The van der Waals surface area contributed by atoms with Gasteiger partial charge in [-0.25, -0.2) is 14.4 Å². The van der Waals surface area contributed by atoms with E-state index < -0.39 is 71.4 Å². The maximum Gasteiger partial charge on any atom is 0.348 e. The minimum absolute atomic E-state index is 0.0174. The second-order valence-electron chi connectivity index (χ2n) is 15.9. The van der Waals surface area contributed by atoms with E-state index in [4.69, 9.17) is 23.7 Å². The average Bonchev–Trinajstić information content (AvgIpc) is 3.81. The van der Waals surface area contributed by atoms with Crippen LogP contribution in [0.25, 0.3) is 6.08 Å². The largest absolute Gasteiger partial charge is 0.462 e. The Morgan fingerprint density at radius 3 is 2.08 bits per heavy atom. The predicted molar refractivity (Wildman–Crippen MR) is 222 cm³/mol. The zero-order valence-electron chi connectivity index (χ0n) is 34.1. The Morgan fingerprint density at radius 1 is 0.869 bits per heavy atom. The van der Waals surface area contributed by atoms with Crippen molar-refractivity contribution in [1.29, 1.82) is 0 Å². The van der Waals surface area contributed by atoms with Gasteiger partial charge in [-0.05, 0) is 35.4 Å². The molecule has 13 heteroatoms. The number of carbonyl (C=O) groups is 5. The van der Waals surface area contributed by atoms with Crippen LogP contribution in [0.3, 0.4) is 0 Å². The molecule has 1 aliphatic carbocycles. The van der Waals surface area contributed by atoms with Crippen LogP contribution in [-0.2, 0) is 55.1 Å². The van der Waals surface area contributed by atoms with E-state index in [-0.39, 0.29) is 43.7 Å². The normalized spacial score (nSPS) is 21.7. The molecule has 13 nitrogen and oxygen atoms in total. The van der Waals surface area contributed by atoms with Crippen molar-refractivity contribution in [2.45, 2.75) is 62.9 Å². The molecule has 2 aliphatic heterocycles. The molecule has 5 atom stereocenters. The molecule has 2 heterocycles. The Kier molecular flexibility index (Phi) is 12.9. The zero-order chi connectivity index (χ0) is 43.1. The van der Waals surface area contributed by atoms with E-state index in [9.17, 15) is 29.1 Å². The van der Waals surface area contributed by atoms with Gasteiger partial charge in [-0.1, -0.05) is 117 Å². The molecular formula is C48H48N2O11. The smallest absolute Gasteiger partial charge is 0.348 e. The number of hydrogen-bond donors (Lipinski definition) is 2. The number of amides is 2. The first-order chi connectivity index (χ1) is 29.4. The first-order valence-electron chi connectivity index (χ1n) is 20.1. The van der Waals surface area contributed by atoms with Crippen molar-refractivity contribution >= 4 is 35.8 Å². The minimum atomic E-state index is -1.42. The molecule has 3 aliphatic rings. The molecule has 7 rings (SSSR count). The number of likely N-dealkylation sites (N-methyl/N-ethyl adjacent to an activating group) is 1. The summed E-state index contributed by atoms with van der Waals surface area (Å²) in [7, 11) is 1.55. The third-order valence-corrected chi connectivity index (χ3v) is 11.0. The van der Waals surface area contributed by atoms with Crippen molar-refractivity contribution in [3.8, 4) is 0 Å². The lowest BCUT2D eigenvalue weighted by molar-refractivity contribution is -0.159. The van der Waals surface area contributed by atoms with Crippen molar-refractivity contribution in [3.05, 3.63) is 161 Å². The van der Waals surface area contributed by atoms with E-state index in [0.29, 0.717) is 16.7 Å². The highest BCUT2D eigenvalue weighted by atomic mass is 16.8. The quantitative estimate of drug-likeness (QED) is 0.101. The van der Waals surface area contributed by atoms with E-state index in [1.807, 2.05) is 91.0 Å². The van der Waals surface area contributed by atoms with Gasteiger partial charge in [-0.15, -0.1) is 0 Å². The molecule has 0 unspecified atom stereocenters. The molecule has 316 valence electrons. The second kappa shape index (κ2) is 18.5. The van der Waals surface area contributed by atoms with Crippen LogP contribution in [-0.4, -0.2) is 97.0 Å². The molecular weight excluding hydrogens is 781 g/mol. The molecule has 61 heavy (non-hydrogen) atoms. The molecule has 2 amide bonds. The molecule has 4 aromatic carbocycles. The molecule has 2 saturated heterocycles. The highest BCUT2D eigenvalue weighted by molar-refractivity contribution is 5.97. The fourth-order valence-electron chi connectivity index (χ4n) is 7.68. The van der Waals surface area contributed by atoms with Crippen LogP contribution in [0.2, 0.25) is 0 Å². The summed E-state index contributed by atoms with van der Waals surface area (Å²) in [5.41, 5.74) is 2.62. The number of esters is 3. The van der Waals surface area contributed by atoms with Crippen LogP contribution in [0.5, 0.6) is 0 Å². The molecule has 0 aromatic heterocycles. The predicted octanol–water partition coefficient (Wildman–Crippen LogP) is 4.91. The molecule has 0 spiro atoms. The Hall–Kier alpha value is -6.41. The number of nitrogens with one attached hydrogen (secondary N) is 1. The Morgan fingerprint density at radius 2 is 1.49 bits per heavy atom. The molecule has 2 N–H and O–H groups in total. The number of rotatable bonds is 14. The van der Waals surface area contributed by atoms with Gasteiger partial charge in [0, 0.05) is 54.6 Å². The third kappa shape index (κ3) is 9.49. The van der Waals surface area contributed by atoms with E-state index in [0.717, 1.165) is 5.56 Å². The topological polar surface area (TPSA) is 167 Å². The summed E-state index contributed by atoms with van der Waals surface area (Å²) in [6, 6.07) is 33.5. The van der Waals surface area contributed by atoms with Crippen LogP contribution in [0.15, 0.2) is 133 Å². The minimum Gasteiger partial charge on any atom is -0.462 e. The lowest BCUT2D eigenvalue weighted by Crippen LogP contribution is -2.51. The molecule has 0 radical (unpaired) electrons. The number of carbonyl (C=O) groups excluding carboxylic acids is 5. The molecule has 0 bridgehead atoms. The SMILES string of the molecule is CN(C(=O)C1=C[C@H]2OC(c3ccccc3)(c3ccccc3)O[C@H]2[C@H](OC(=O)c2ccc(C=CC(=O)O[C@H]3C(=O)OCC3(C)C)cc2)C1)[C@H](Cc1ccccc1)C(=O)NCCO. The highest BCUT2D eigenvalue weighted by Gasteiger charge is 2.55. The summed E-state index contributed by atoms with van der Waals surface area (Å²) < 4.78 is 30.3. The number of nitrogens with zero attached hydrogens (tertiary/aromatic N) is 1. The molecule has 2 fully saturated rings.